The molecule has 2 aromatic rings. The van der Waals surface area contributed by atoms with Crippen LogP contribution in [0, 0.1) is 0 Å². The van der Waals surface area contributed by atoms with E-state index in [9.17, 15) is 4.79 Å². The van der Waals surface area contributed by atoms with E-state index in [1.165, 1.54) is 0 Å². The molecule has 0 bridgehead atoms. The summed E-state index contributed by atoms with van der Waals surface area (Å²) in [4.78, 5) is 21.2. The van der Waals surface area contributed by atoms with Crippen molar-refractivity contribution in [1.29, 1.82) is 0 Å². The van der Waals surface area contributed by atoms with E-state index in [4.69, 9.17) is 10.5 Å². The summed E-state index contributed by atoms with van der Waals surface area (Å²) in [5.41, 5.74) is 7.87. The highest BCUT2D eigenvalue weighted by atomic mass is 16.5. The Hall–Kier alpha value is -2.63. The number of nitrogens with two attached hydrogens (primary N) is 1. The van der Waals surface area contributed by atoms with Crippen LogP contribution in [0.1, 0.15) is 0 Å². The van der Waals surface area contributed by atoms with Gasteiger partial charge in [-0.05, 0) is 24.3 Å². The average molecular weight is 256 g/mol. The minimum Gasteiger partial charge on any atom is -0.482 e. The first-order valence-electron chi connectivity index (χ1n) is 5.77. The molecule has 0 fully saturated rings. The van der Waals surface area contributed by atoms with Crippen LogP contribution in [-0.4, -0.2) is 29.5 Å². The SMILES string of the molecule is CN1C(=O)COc2ccc(-c3ccnc(N)n3)cc21. The molecule has 1 amide bonds. The molecule has 0 spiro atoms. The maximum absolute atomic E-state index is 11.6. The standard InChI is InChI=1S/C13H12N4O2/c1-17-10-6-8(9-4-5-15-13(14)16-9)2-3-11(10)19-7-12(17)18/h2-6H,7H2,1H3,(H2,14,15,16). The smallest absolute Gasteiger partial charge is 0.264 e. The number of nitrogen functional groups attached to an aromatic ring is 1. The van der Waals surface area contributed by atoms with Gasteiger partial charge in [0.1, 0.15) is 5.75 Å². The predicted molar refractivity (Wildman–Crippen MR) is 70.8 cm³/mol. The number of aromatic nitrogens is 2. The summed E-state index contributed by atoms with van der Waals surface area (Å²) in [6.07, 6.45) is 1.60. The highest BCUT2D eigenvalue weighted by Gasteiger charge is 2.22. The van der Waals surface area contributed by atoms with Gasteiger partial charge in [0.15, 0.2) is 6.61 Å². The van der Waals surface area contributed by atoms with Crippen molar-refractivity contribution in [2.45, 2.75) is 0 Å². The normalized spacial score (nSPS) is 13.9. The molecule has 1 aromatic heterocycles. The van der Waals surface area contributed by atoms with Gasteiger partial charge in [0.25, 0.3) is 5.91 Å². The van der Waals surface area contributed by atoms with Crippen LogP contribution < -0.4 is 15.4 Å². The number of carbonyl (C=O) groups is 1. The fraction of sp³-hybridized carbons (Fsp3) is 0.154. The van der Waals surface area contributed by atoms with E-state index in [0.717, 1.165) is 11.3 Å². The first-order valence-corrected chi connectivity index (χ1v) is 5.77. The van der Waals surface area contributed by atoms with Crippen molar-refractivity contribution in [3.05, 3.63) is 30.5 Å². The number of likely N-dealkylation sites (N-methyl/N-ethyl adjacent to an activating group) is 1. The molecule has 0 saturated carbocycles. The Morgan fingerprint density at radius 1 is 1.37 bits per heavy atom. The van der Waals surface area contributed by atoms with Gasteiger partial charge in [-0.25, -0.2) is 9.97 Å². The van der Waals surface area contributed by atoms with Gasteiger partial charge in [0.2, 0.25) is 5.95 Å². The first-order chi connectivity index (χ1) is 9.15. The molecule has 2 heterocycles. The lowest BCUT2D eigenvalue weighted by atomic mass is 10.1. The molecule has 19 heavy (non-hydrogen) atoms. The second kappa shape index (κ2) is 4.24. The molecule has 3 rings (SSSR count). The van der Waals surface area contributed by atoms with Crippen LogP contribution in [0.25, 0.3) is 11.3 Å². The van der Waals surface area contributed by atoms with Crippen molar-refractivity contribution in [3.63, 3.8) is 0 Å². The molecule has 96 valence electrons. The monoisotopic (exact) mass is 256 g/mol. The Morgan fingerprint density at radius 3 is 3.00 bits per heavy atom. The molecule has 0 radical (unpaired) electrons. The zero-order valence-corrected chi connectivity index (χ0v) is 10.3. The zero-order chi connectivity index (χ0) is 13.4. The lowest BCUT2D eigenvalue weighted by molar-refractivity contribution is -0.120. The number of carbonyl (C=O) groups excluding carboxylic acids is 1. The van der Waals surface area contributed by atoms with Gasteiger partial charge in [-0.2, -0.15) is 0 Å². The maximum Gasteiger partial charge on any atom is 0.264 e. The Bertz CT molecular complexity index is 657. The Morgan fingerprint density at radius 2 is 2.21 bits per heavy atom. The number of fused-ring (bicyclic) bond motifs is 1. The minimum absolute atomic E-state index is 0.0727. The van der Waals surface area contributed by atoms with Crippen LogP contribution in [0.3, 0.4) is 0 Å². The number of hydrogen-bond acceptors (Lipinski definition) is 5. The summed E-state index contributed by atoms with van der Waals surface area (Å²) in [7, 11) is 1.72. The third-order valence-corrected chi connectivity index (χ3v) is 3.02. The third-order valence-electron chi connectivity index (χ3n) is 3.02. The number of amides is 1. The summed E-state index contributed by atoms with van der Waals surface area (Å²) in [5, 5.41) is 0. The molecule has 6 heteroatoms. The number of anilines is 2. The molecule has 0 unspecified atom stereocenters. The second-order valence-electron chi connectivity index (χ2n) is 4.22. The van der Waals surface area contributed by atoms with Crippen molar-refractivity contribution in [1.82, 2.24) is 9.97 Å². The van der Waals surface area contributed by atoms with Gasteiger partial charge in [-0.15, -0.1) is 0 Å². The van der Waals surface area contributed by atoms with E-state index >= 15 is 0 Å². The first kappa shape index (κ1) is 11.5. The van der Waals surface area contributed by atoms with Gasteiger partial charge in [-0.3, -0.25) is 4.79 Å². The maximum atomic E-state index is 11.6. The molecule has 0 atom stereocenters. The van der Waals surface area contributed by atoms with Crippen molar-refractivity contribution < 1.29 is 9.53 Å². The summed E-state index contributed by atoms with van der Waals surface area (Å²) in [5.74, 6) is 0.829. The second-order valence-corrected chi connectivity index (χ2v) is 4.22. The van der Waals surface area contributed by atoms with E-state index in [0.29, 0.717) is 11.4 Å². The number of nitrogens with zero attached hydrogens (tertiary/aromatic N) is 3. The lowest BCUT2D eigenvalue weighted by Gasteiger charge is -2.26. The lowest BCUT2D eigenvalue weighted by Crippen LogP contribution is -2.35. The van der Waals surface area contributed by atoms with Crippen LogP contribution in [0.5, 0.6) is 5.75 Å². The molecule has 1 aliphatic rings. The molecule has 6 nitrogen and oxygen atoms in total. The molecule has 1 aliphatic heterocycles. The molecule has 2 N–H and O–H groups in total. The van der Waals surface area contributed by atoms with Crippen LogP contribution in [0.15, 0.2) is 30.5 Å². The van der Waals surface area contributed by atoms with Crippen LogP contribution >= 0.6 is 0 Å². The molecular weight excluding hydrogens is 244 g/mol. The molecule has 0 aliphatic carbocycles. The summed E-state index contributed by atoms with van der Waals surface area (Å²) < 4.78 is 5.37. The number of rotatable bonds is 1. The number of benzene rings is 1. The van der Waals surface area contributed by atoms with Crippen LogP contribution in [-0.2, 0) is 4.79 Å². The zero-order valence-electron chi connectivity index (χ0n) is 10.3. The highest BCUT2D eigenvalue weighted by Crippen LogP contribution is 2.34. The number of ether oxygens (including phenoxy) is 1. The van der Waals surface area contributed by atoms with Gasteiger partial charge < -0.3 is 15.4 Å². The average Bonchev–Trinajstić information content (AvgIpc) is 2.43. The molecule has 1 aromatic carbocycles. The molecule has 0 saturated heterocycles. The third kappa shape index (κ3) is 1.97. The largest absolute Gasteiger partial charge is 0.482 e. The quantitative estimate of drug-likeness (QED) is 0.825. The van der Waals surface area contributed by atoms with Crippen molar-refractivity contribution in [2.24, 2.45) is 0 Å². The Kier molecular flexibility index (Phi) is 2.56. The van der Waals surface area contributed by atoms with E-state index < -0.39 is 0 Å². The fourth-order valence-corrected chi connectivity index (χ4v) is 1.97. The minimum atomic E-state index is -0.0770. The summed E-state index contributed by atoms with van der Waals surface area (Å²) in [6, 6.07) is 7.33. The Labute approximate surface area is 109 Å². The number of hydrogen-bond donors (Lipinski definition) is 1. The highest BCUT2D eigenvalue weighted by molar-refractivity contribution is 5.98. The predicted octanol–water partition coefficient (Wildman–Crippen LogP) is 1.08. The van der Waals surface area contributed by atoms with Gasteiger partial charge >= 0.3 is 0 Å². The fourth-order valence-electron chi connectivity index (χ4n) is 1.97. The topological polar surface area (TPSA) is 81.3 Å². The van der Waals surface area contributed by atoms with Crippen LogP contribution in [0.4, 0.5) is 11.6 Å². The van der Waals surface area contributed by atoms with Crippen LogP contribution in [0.2, 0.25) is 0 Å². The van der Waals surface area contributed by atoms with E-state index in [-0.39, 0.29) is 18.5 Å². The van der Waals surface area contributed by atoms with Crippen molar-refractivity contribution >= 4 is 17.5 Å². The van der Waals surface area contributed by atoms with Crippen molar-refractivity contribution in [3.8, 4) is 17.0 Å². The van der Waals surface area contributed by atoms with Gasteiger partial charge in [0.05, 0.1) is 11.4 Å². The summed E-state index contributed by atoms with van der Waals surface area (Å²) >= 11 is 0. The van der Waals surface area contributed by atoms with Crippen molar-refractivity contribution in [2.75, 3.05) is 24.3 Å². The van der Waals surface area contributed by atoms with Gasteiger partial charge in [-0.1, -0.05) is 0 Å². The van der Waals surface area contributed by atoms with E-state index in [1.807, 2.05) is 18.2 Å². The molecular formula is C13H12N4O2. The Balaban J connectivity index is 2.08. The van der Waals surface area contributed by atoms with E-state index in [1.54, 1.807) is 24.2 Å². The summed E-state index contributed by atoms with van der Waals surface area (Å²) in [6.45, 7) is 0.0727. The van der Waals surface area contributed by atoms with Gasteiger partial charge in [0, 0.05) is 18.8 Å². The van der Waals surface area contributed by atoms with E-state index in [2.05, 4.69) is 9.97 Å².